The second-order valence-corrected chi connectivity index (χ2v) is 4.24. The van der Waals surface area contributed by atoms with Crippen molar-refractivity contribution in [2.75, 3.05) is 5.32 Å². The zero-order valence-corrected chi connectivity index (χ0v) is 10.4. The molecule has 0 aliphatic carbocycles. The highest BCUT2D eigenvalue weighted by Crippen LogP contribution is 2.14. The molecule has 1 amide bonds. The number of rotatable bonds is 3. The fourth-order valence-corrected chi connectivity index (χ4v) is 1.60. The minimum Gasteiger partial charge on any atom is -0.324 e. The Hall–Kier alpha value is -2.14. The first kappa shape index (κ1) is 12.3. The number of nitrogens with one attached hydrogen (secondary N) is 1. The van der Waals surface area contributed by atoms with Gasteiger partial charge in [-0.15, -0.1) is 0 Å². The average molecular weight is 244 g/mol. The fraction of sp³-hybridized carbons (Fsp3) is 0.231. The van der Waals surface area contributed by atoms with Crippen LogP contribution >= 0.6 is 0 Å². The Morgan fingerprint density at radius 2 is 2.00 bits per heavy atom. The number of anilines is 1. The van der Waals surface area contributed by atoms with Gasteiger partial charge in [-0.05, 0) is 30.7 Å². The van der Waals surface area contributed by atoms with E-state index >= 15 is 0 Å². The van der Waals surface area contributed by atoms with Gasteiger partial charge < -0.3 is 11.1 Å². The Labute approximate surface area is 106 Å². The number of amides is 1. The summed E-state index contributed by atoms with van der Waals surface area (Å²) in [6.07, 6.45) is 1.73. The molecule has 94 valence electrons. The van der Waals surface area contributed by atoms with E-state index in [0.717, 1.165) is 11.3 Å². The van der Waals surface area contributed by atoms with E-state index in [9.17, 15) is 4.79 Å². The molecule has 1 atom stereocenters. The molecular formula is C13H16N4O. The molecule has 1 aromatic heterocycles. The van der Waals surface area contributed by atoms with Crippen molar-refractivity contribution in [1.29, 1.82) is 0 Å². The second-order valence-electron chi connectivity index (χ2n) is 4.24. The van der Waals surface area contributed by atoms with E-state index < -0.39 is 0 Å². The standard InChI is InChI=1S/C13H16N4O/c1-9(14)10-3-5-11(6-4-10)15-13(18)12-7-8-17(2)16-12/h3-9H,14H2,1-2H3,(H,15,18). The van der Waals surface area contributed by atoms with Crippen LogP contribution in [0.25, 0.3) is 0 Å². The van der Waals surface area contributed by atoms with Crippen molar-refractivity contribution in [2.45, 2.75) is 13.0 Å². The number of nitrogens with zero attached hydrogens (tertiary/aromatic N) is 2. The zero-order valence-electron chi connectivity index (χ0n) is 10.4. The van der Waals surface area contributed by atoms with Crippen molar-refractivity contribution in [3.63, 3.8) is 0 Å². The summed E-state index contributed by atoms with van der Waals surface area (Å²) in [4.78, 5) is 11.8. The van der Waals surface area contributed by atoms with Crippen LogP contribution in [0, 0.1) is 0 Å². The molecular weight excluding hydrogens is 228 g/mol. The SMILES string of the molecule is CC(N)c1ccc(NC(=O)c2ccn(C)n2)cc1. The summed E-state index contributed by atoms with van der Waals surface area (Å²) in [5.74, 6) is -0.218. The quantitative estimate of drug-likeness (QED) is 0.863. The molecule has 1 unspecified atom stereocenters. The van der Waals surface area contributed by atoms with Crippen molar-refractivity contribution >= 4 is 11.6 Å². The predicted molar refractivity (Wildman–Crippen MR) is 70.2 cm³/mol. The molecule has 3 N–H and O–H groups in total. The van der Waals surface area contributed by atoms with Crippen LogP contribution in [-0.2, 0) is 7.05 Å². The minimum atomic E-state index is -0.218. The number of aromatic nitrogens is 2. The molecule has 0 saturated carbocycles. The molecule has 0 radical (unpaired) electrons. The number of aryl methyl sites for hydroxylation is 1. The normalized spacial score (nSPS) is 12.2. The summed E-state index contributed by atoms with van der Waals surface area (Å²) in [6, 6.07) is 9.13. The molecule has 0 spiro atoms. The lowest BCUT2D eigenvalue weighted by Crippen LogP contribution is -2.13. The van der Waals surface area contributed by atoms with Gasteiger partial charge in [-0.3, -0.25) is 9.48 Å². The van der Waals surface area contributed by atoms with Gasteiger partial charge in [-0.25, -0.2) is 0 Å². The number of carbonyl (C=O) groups is 1. The van der Waals surface area contributed by atoms with Crippen LogP contribution in [0.2, 0.25) is 0 Å². The lowest BCUT2D eigenvalue weighted by molar-refractivity contribution is 0.102. The monoisotopic (exact) mass is 244 g/mol. The highest BCUT2D eigenvalue weighted by molar-refractivity contribution is 6.02. The zero-order chi connectivity index (χ0) is 13.1. The lowest BCUT2D eigenvalue weighted by Gasteiger charge is -2.07. The third-order valence-corrected chi connectivity index (χ3v) is 2.64. The Morgan fingerprint density at radius 3 is 2.50 bits per heavy atom. The Morgan fingerprint density at radius 1 is 1.33 bits per heavy atom. The van der Waals surface area contributed by atoms with Crippen molar-refractivity contribution < 1.29 is 4.79 Å². The van der Waals surface area contributed by atoms with E-state index in [-0.39, 0.29) is 11.9 Å². The highest BCUT2D eigenvalue weighted by atomic mass is 16.1. The predicted octanol–water partition coefficient (Wildman–Crippen LogP) is 1.69. The number of hydrogen-bond acceptors (Lipinski definition) is 3. The lowest BCUT2D eigenvalue weighted by atomic mass is 10.1. The Balaban J connectivity index is 2.07. The maximum absolute atomic E-state index is 11.8. The van der Waals surface area contributed by atoms with Crippen molar-refractivity contribution in [1.82, 2.24) is 9.78 Å². The highest BCUT2D eigenvalue weighted by Gasteiger charge is 2.09. The summed E-state index contributed by atoms with van der Waals surface area (Å²) in [5, 5.41) is 6.82. The van der Waals surface area contributed by atoms with Gasteiger partial charge in [0.05, 0.1) is 0 Å². The van der Waals surface area contributed by atoms with Crippen molar-refractivity contribution in [2.24, 2.45) is 12.8 Å². The van der Waals surface area contributed by atoms with Crippen molar-refractivity contribution in [3.8, 4) is 0 Å². The van der Waals surface area contributed by atoms with E-state index in [1.807, 2.05) is 31.2 Å². The molecule has 1 aromatic carbocycles. The first-order valence-corrected chi connectivity index (χ1v) is 5.73. The van der Waals surface area contributed by atoms with E-state index in [1.54, 1.807) is 24.0 Å². The van der Waals surface area contributed by atoms with Gasteiger partial charge in [0.25, 0.3) is 5.91 Å². The summed E-state index contributed by atoms with van der Waals surface area (Å²) >= 11 is 0. The summed E-state index contributed by atoms with van der Waals surface area (Å²) in [7, 11) is 1.77. The topological polar surface area (TPSA) is 72.9 Å². The summed E-state index contributed by atoms with van der Waals surface area (Å²) < 4.78 is 1.59. The minimum absolute atomic E-state index is 0.00876. The van der Waals surface area contributed by atoms with E-state index in [4.69, 9.17) is 5.73 Å². The Bertz CT molecular complexity index is 542. The first-order chi connectivity index (χ1) is 8.56. The number of nitrogens with two attached hydrogens (primary N) is 1. The van der Waals surface area contributed by atoms with Crippen LogP contribution in [0.4, 0.5) is 5.69 Å². The largest absolute Gasteiger partial charge is 0.324 e. The van der Waals surface area contributed by atoms with E-state index in [2.05, 4.69) is 10.4 Å². The molecule has 0 bridgehead atoms. The molecule has 1 heterocycles. The molecule has 0 aliphatic heterocycles. The van der Waals surface area contributed by atoms with Gasteiger partial charge >= 0.3 is 0 Å². The molecule has 18 heavy (non-hydrogen) atoms. The van der Waals surface area contributed by atoms with Crippen LogP contribution in [0.5, 0.6) is 0 Å². The fourth-order valence-electron chi connectivity index (χ4n) is 1.60. The van der Waals surface area contributed by atoms with Crippen molar-refractivity contribution in [3.05, 3.63) is 47.8 Å². The van der Waals surface area contributed by atoms with Gasteiger partial charge in [-0.1, -0.05) is 12.1 Å². The maximum Gasteiger partial charge on any atom is 0.276 e. The summed E-state index contributed by atoms with van der Waals surface area (Å²) in [6.45, 7) is 1.92. The molecule has 0 fully saturated rings. The third kappa shape index (κ3) is 2.75. The molecule has 2 aromatic rings. The molecule has 2 rings (SSSR count). The maximum atomic E-state index is 11.8. The first-order valence-electron chi connectivity index (χ1n) is 5.73. The van der Waals surface area contributed by atoms with Crippen LogP contribution in [0.1, 0.15) is 29.0 Å². The van der Waals surface area contributed by atoms with Crippen LogP contribution in [-0.4, -0.2) is 15.7 Å². The van der Waals surface area contributed by atoms with E-state index in [1.165, 1.54) is 0 Å². The van der Waals surface area contributed by atoms with Gasteiger partial charge in [-0.2, -0.15) is 5.10 Å². The molecule has 0 saturated heterocycles. The van der Waals surface area contributed by atoms with Crippen LogP contribution in [0.3, 0.4) is 0 Å². The molecule has 5 heteroatoms. The second kappa shape index (κ2) is 5.01. The molecule has 5 nitrogen and oxygen atoms in total. The smallest absolute Gasteiger partial charge is 0.276 e. The Kier molecular flexibility index (Phi) is 3.43. The van der Waals surface area contributed by atoms with Gasteiger partial charge in [0, 0.05) is 25.0 Å². The van der Waals surface area contributed by atoms with Crippen LogP contribution in [0.15, 0.2) is 36.5 Å². The molecule has 0 aliphatic rings. The van der Waals surface area contributed by atoms with Gasteiger partial charge in [0.2, 0.25) is 0 Å². The number of carbonyl (C=O) groups excluding carboxylic acids is 1. The summed E-state index contributed by atoms with van der Waals surface area (Å²) in [5.41, 5.74) is 7.92. The number of benzene rings is 1. The number of hydrogen-bond donors (Lipinski definition) is 2. The van der Waals surface area contributed by atoms with Gasteiger partial charge in [0.1, 0.15) is 0 Å². The van der Waals surface area contributed by atoms with Gasteiger partial charge in [0.15, 0.2) is 5.69 Å². The third-order valence-electron chi connectivity index (χ3n) is 2.64. The van der Waals surface area contributed by atoms with Crippen LogP contribution < -0.4 is 11.1 Å². The average Bonchev–Trinajstić information content (AvgIpc) is 2.76. The van der Waals surface area contributed by atoms with E-state index in [0.29, 0.717) is 5.69 Å².